The van der Waals surface area contributed by atoms with Crippen molar-refractivity contribution in [1.82, 2.24) is 4.98 Å². The molecule has 0 aliphatic carbocycles. The molecular formula is C28H37N3O3S. The molecule has 0 fully saturated rings. The van der Waals surface area contributed by atoms with Gasteiger partial charge < -0.3 is 15.3 Å². The highest BCUT2D eigenvalue weighted by Crippen LogP contribution is 2.31. The predicted octanol–water partition coefficient (Wildman–Crippen LogP) is 5.47. The van der Waals surface area contributed by atoms with Gasteiger partial charge in [-0.05, 0) is 43.5 Å². The van der Waals surface area contributed by atoms with Gasteiger partial charge in [0.05, 0.1) is 16.2 Å². The molecule has 0 saturated carbocycles. The van der Waals surface area contributed by atoms with E-state index in [4.69, 9.17) is 10.1 Å². The topological polar surface area (TPSA) is 82.5 Å². The lowest BCUT2D eigenvalue weighted by atomic mass is 10.1. The summed E-state index contributed by atoms with van der Waals surface area (Å²) in [6, 6.07) is 15.7. The van der Waals surface area contributed by atoms with Gasteiger partial charge in [0, 0.05) is 43.4 Å². The normalized spacial score (nSPS) is 15.1. The van der Waals surface area contributed by atoms with Crippen LogP contribution in [0.5, 0.6) is 0 Å². The van der Waals surface area contributed by atoms with Crippen LogP contribution in [-0.2, 0) is 16.4 Å². The van der Waals surface area contributed by atoms with Crippen molar-refractivity contribution in [2.75, 3.05) is 35.7 Å². The molecule has 4 rings (SSSR count). The van der Waals surface area contributed by atoms with Gasteiger partial charge in [-0.15, -0.1) is 0 Å². The average Bonchev–Trinajstić information content (AvgIpc) is 2.99. The first kappa shape index (κ1) is 25.5. The zero-order valence-electron chi connectivity index (χ0n) is 20.7. The molecule has 1 aliphatic heterocycles. The molecule has 0 saturated heterocycles. The van der Waals surface area contributed by atoms with Crippen LogP contribution in [0.1, 0.15) is 56.1 Å². The van der Waals surface area contributed by atoms with Gasteiger partial charge in [0.25, 0.3) is 0 Å². The summed E-state index contributed by atoms with van der Waals surface area (Å²) >= 11 is 0. The fourth-order valence-electron chi connectivity index (χ4n) is 4.74. The van der Waals surface area contributed by atoms with Crippen molar-refractivity contribution in [3.05, 3.63) is 59.7 Å². The van der Waals surface area contributed by atoms with E-state index in [0.29, 0.717) is 24.6 Å². The molecule has 1 aromatic heterocycles. The Morgan fingerprint density at radius 1 is 0.971 bits per heavy atom. The summed E-state index contributed by atoms with van der Waals surface area (Å²) in [5.74, 6) is 0.887. The van der Waals surface area contributed by atoms with E-state index in [0.717, 1.165) is 53.8 Å². The number of nitrogens with one attached hydrogen (secondary N) is 1. The van der Waals surface area contributed by atoms with E-state index in [1.54, 1.807) is 12.1 Å². The van der Waals surface area contributed by atoms with Gasteiger partial charge in [0.1, 0.15) is 5.82 Å². The minimum absolute atomic E-state index is 0.0820. The number of nitrogens with zero attached hydrogens (tertiary/aromatic N) is 2. The number of aromatic nitrogens is 1. The fraction of sp³-hybridized carbons (Fsp3) is 0.464. The zero-order chi connectivity index (χ0) is 24.7. The summed E-state index contributed by atoms with van der Waals surface area (Å²) in [5, 5.41) is 13.6. The van der Waals surface area contributed by atoms with Crippen molar-refractivity contribution in [3.8, 4) is 0 Å². The highest BCUT2D eigenvalue weighted by Gasteiger charge is 2.26. The molecule has 6 nitrogen and oxygen atoms in total. The van der Waals surface area contributed by atoms with Crippen LogP contribution >= 0.6 is 0 Å². The SMILES string of the molecule is Cc1ccc2nc(N3CCS(=O)(=O)c4ccccc4C3)cc(NCCCCCCCCCO)c2c1. The molecule has 188 valence electrons. The third kappa shape index (κ3) is 6.53. The Labute approximate surface area is 209 Å². The molecule has 2 aromatic carbocycles. The summed E-state index contributed by atoms with van der Waals surface area (Å²) in [5.41, 5.74) is 3.98. The summed E-state index contributed by atoms with van der Waals surface area (Å²) < 4.78 is 25.6. The number of unbranched alkanes of at least 4 members (excludes halogenated alkanes) is 6. The summed E-state index contributed by atoms with van der Waals surface area (Å²) in [4.78, 5) is 7.45. The second kappa shape index (κ2) is 11.9. The lowest BCUT2D eigenvalue weighted by molar-refractivity contribution is 0.282. The molecule has 1 aliphatic rings. The smallest absolute Gasteiger partial charge is 0.180 e. The predicted molar refractivity (Wildman–Crippen MR) is 144 cm³/mol. The number of fused-ring (bicyclic) bond motifs is 2. The second-order valence-corrected chi connectivity index (χ2v) is 11.6. The van der Waals surface area contributed by atoms with Gasteiger partial charge in [-0.3, -0.25) is 0 Å². The Bertz CT molecular complexity index is 1240. The van der Waals surface area contributed by atoms with Crippen LogP contribution in [0.2, 0.25) is 0 Å². The van der Waals surface area contributed by atoms with Crippen LogP contribution in [0.3, 0.4) is 0 Å². The van der Waals surface area contributed by atoms with Crippen molar-refractivity contribution in [3.63, 3.8) is 0 Å². The largest absolute Gasteiger partial charge is 0.396 e. The monoisotopic (exact) mass is 495 g/mol. The van der Waals surface area contributed by atoms with Gasteiger partial charge in [-0.2, -0.15) is 0 Å². The molecule has 3 aromatic rings. The molecule has 0 radical (unpaired) electrons. The third-order valence-corrected chi connectivity index (χ3v) is 8.51. The van der Waals surface area contributed by atoms with Crippen LogP contribution in [0, 0.1) is 6.92 Å². The maximum absolute atomic E-state index is 12.8. The van der Waals surface area contributed by atoms with Crippen molar-refractivity contribution in [2.45, 2.75) is 63.3 Å². The van der Waals surface area contributed by atoms with Gasteiger partial charge in [0.2, 0.25) is 0 Å². The third-order valence-electron chi connectivity index (χ3n) is 6.72. The van der Waals surface area contributed by atoms with Gasteiger partial charge >= 0.3 is 0 Å². The summed E-state index contributed by atoms with van der Waals surface area (Å²) in [7, 11) is -3.31. The number of aliphatic hydroxyl groups excluding tert-OH is 1. The van der Waals surface area contributed by atoms with E-state index in [-0.39, 0.29) is 5.75 Å². The van der Waals surface area contributed by atoms with E-state index in [1.807, 2.05) is 18.2 Å². The zero-order valence-corrected chi connectivity index (χ0v) is 21.5. The van der Waals surface area contributed by atoms with E-state index in [9.17, 15) is 8.42 Å². The lowest BCUT2D eigenvalue weighted by Gasteiger charge is -2.23. The molecular weight excluding hydrogens is 458 g/mol. The lowest BCUT2D eigenvalue weighted by Crippen LogP contribution is -2.26. The number of pyridine rings is 1. The fourth-order valence-corrected chi connectivity index (χ4v) is 6.23. The molecule has 0 unspecified atom stereocenters. The maximum atomic E-state index is 12.8. The van der Waals surface area contributed by atoms with Crippen molar-refractivity contribution in [2.24, 2.45) is 0 Å². The van der Waals surface area contributed by atoms with Crippen LogP contribution in [0.4, 0.5) is 11.5 Å². The van der Waals surface area contributed by atoms with E-state index >= 15 is 0 Å². The van der Waals surface area contributed by atoms with E-state index in [1.165, 1.54) is 31.2 Å². The number of aliphatic hydroxyl groups is 1. The van der Waals surface area contributed by atoms with Gasteiger partial charge in [0.15, 0.2) is 9.84 Å². The molecule has 0 spiro atoms. The number of hydrogen-bond donors (Lipinski definition) is 2. The average molecular weight is 496 g/mol. The summed E-state index contributed by atoms with van der Waals surface area (Å²) in [6.45, 7) is 4.21. The first-order valence-corrected chi connectivity index (χ1v) is 14.4. The molecule has 2 heterocycles. The molecule has 2 N–H and O–H groups in total. The van der Waals surface area contributed by atoms with Crippen molar-refractivity contribution >= 4 is 32.2 Å². The summed E-state index contributed by atoms with van der Waals surface area (Å²) in [6.07, 6.45) is 7.94. The Morgan fingerprint density at radius 3 is 2.51 bits per heavy atom. The standard InChI is InChI=1S/C28H37N3O3S/c1-22-13-14-25-24(19-22)26(29-15-9-5-3-2-4-6-10-17-32)20-28(30-25)31-16-18-35(33,34)27-12-8-7-11-23(27)21-31/h7-8,11-14,19-20,32H,2-6,9-10,15-18,21H2,1H3,(H,29,30). The minimum Gasteiger partial charge on any atom is -0.396 e. The molecule has 35 heavy (non-hydrogen) atoms. The van der Waals surface area contributed by atoms with Crippen LogP contribution < -0.4 is 10.2 Å². The first-order chi connectivity index (χ1) is 17.0. The molecule has 0 amide bonds. The Kier molecular flexibility index (Phi) is 8.63. The molecule has 7 heteroatoms. The van der Waals surface area contributed by atoms with E-state index < -0.39 is 9.84 Å². The van der Waals surface area contributed by atoms with Gasteiger partial charge in [-0.25, -0.2) is 13.4 Å². The number of hydrogen-bond acceptors (Lipinski definition) is 6. The number of sulfone groups is 1. The maximum Gasteiger partial charge on any atom is 0.180 e. The number of anilines is 2. The highest BCUT2D eigenvalue weighted by atomic mass is 32.2. The Morgan fingerprint density at radius 2 is 1.71 bits per heavy atom. The van der Waals surface area contributed by atoms with Crippen molar-refractivity contribution in [1.29, 1.82) is 0 Å². The first-order valence-electron chi connectivity index (χ1n) is 12.8. The number of rotatable bonds is 11. The Hall–Kier alpha value is -2.64. The quantitative estimate of drug-likeness (QED) is 0.343. The van der Waals surface area contributed by atoms with Crippen molar-refractivity contribution < 1.29 is 13.5 Å². The number of benzene rings is 2. The second-order valence-electron chi connectivity index (χ2n) is 9.52. The Balaban J connectivity index is 1.49. The molecule has 0 atom stereocenters. The van der Waals surface area contributed by atoms with Gasteiger partial charge in [-0.1, -0.05) is 61.9 Å². The van der Waals surface area contributed by atoms with Crippen LogP contribution in [0.25, 0.3) is 10.9 Å². The number of aryl methyl sites for hydroxylation is 1. The van der Waals surface area contributed by atoms with E-state index in [2.05, 4.69) is 35.3 Å². The van der Waals surface area contributed by atoms with Crippen LogP contribution in [-0.4, -0.2) is 44.0 Å². The van der Waals surface area contributed by atoms with Crippen LogP contribution in [0.15, 0.2) is 53.4 Å². The molecule has 0 bridgehead atoms. The minimum atomic E-state index is -3.31. The highest BCUT2D eigenvalue weighted by molar-refractivity contribution is 7.91.